The van der Waals surface area contributed by atoms with Crippen LogP contribution < -0.4 is 16.5 Å². The predicted molar refractivity (Wildman–Crippen MR) is 136 cm³/mol. The van der Waals surface area contributed by atoms with Crippen molar-refractivity contribution in [3.05, 3.63) is 47.4 Å². The normalized spacial score (nSPS) is 17.4. The average molecular weight is 515 g/mol. The van der Waals surface area contributed by atoms with Crippen molar-refractivity contribution in [3.63, 3.8) is 0 Å². The Labute approximate surface area is 209 Å². The van der Waals surface area contributed by atoms with Crippen LogP contribution in [0.4, 0.5) is 17.5 Å². The third-order valence-electron chi connectivity index (χ3n) is 6.29. The number of rotatable bonds is 7. The summed E-state index contributed by atoms with van der Waals surface area (Å²) in [6.07, 6.45) is 3.12. The van der Waals surface area contributed by atoms with E-state index >= 15 is 0 Å². The van der Waals surface area contributed by atoms with Crippen LogP contribution in [-0.4, -0.2) is 40.7 Å². The number of nitrogens with zero attached hydrogens (tertiary/aromatic N) is 3. The second-order valence-corrected chi connectivity index (χ2v) is 11.7. The van der Waals surface area contributed by atoms with Crippen molar-refractivity contribution in [1.29, 1.82) is 0 Å². The molecule has 0 aromatic carbocycles. The van der Waals surface area contributed by atoms with Gasteiger partial charge in [-0.25, -0.2) is 25.2 Å². The minimum absolute atomic E-state index is 0.111. The Hall–Kier alpha value is -3.35. The van der Waals surface area contributed by atoms with Crippen molar-refractivity contribution in [2.24, 2.45) is 5.73 Å². The summed E-state index contributed by atoms with van der Waals surface area (Å²) in [7, 11) is -3.75. The second-order valence-electron chi connectivity index (χ2n) is 9.86. The Kier molecular flexibility index (Phi) is 6.40. The van der Waals surface area contributed by atoms with Gasteiger partial charge in [-0.05, 0) is 63.8 Å². The van der Waals surface area contributed by atoms with Gasteiger partial charge in [-0.3, -0.25) is 0 Å². The number of esters is 1. The monoisotopic (exact) mass is 514 g/mol. The summed E-state index contributed by atoms with van der Waals surface area (Å²) in [5.41, 5.74) is 9.20. The zero-order valence-electron chi connectivity index (χ0n) is 21.0. The molecule has 0 amide bonds. The lowest BCUT2D eigenvalue weighted by atomic mass is 9.84. The Morgan fingerprint density at radius 2 is 1.89 bits per heavy atom. The van der Waals surface area contributed by atoms with Crippen molar-refractivity contribution in [3.8, 4) is 0 Å². The molecule has 0 saturated carbocycles. The van der Waals surface area contributed by atoms with Gasteiger partial charge in [0.25, 0.3) is 10.1 Å². The van der Waals surface area contributed by atoms with E-state index in [2.05, 4.69) is 25.7 Å². The van der Waals surface area contributed by atoms with E-state index in [1.54, 1.807) is 30.6 Å². The number of pyridine rings is 3. The van der Waals surface area contributed by atoms with Gasteiger partial charge in [0.15, 0.2) is 5.82 Å². The summed E-state index contributed by atoms with van der Waals surface area (Å²) in [6.45, 7) is 10.8. The van der Waals surface area contributed by atoms with E-state index in [4.69, 9.17) is 14.8 Å². The maximum Gasteiger partial charge on any atom is 0.340 e. The molecule has 0 bridgehead atoms. The Morgan fingerprint density at radius 1 is 1.17 bits per heavy atom. The minimum atomic E-state index is -3.75. The first-order valence-electron chi connectivity index (χ1n) is 11.5. The largest absolute Gasteiger partial charge is 0.455 e. The van der Waals surface area contributed by atoms with E-state index in [0.717, 1.165) is 5.56 Å². The van der Waals surface area contributed by atoms with Gasteiger partial charge in [0.05, 0.1) is 17.0 Å². The molecule has 36 heavy (non-hydrogen) atoms. The van der Waals surface area contributed by atoms with Crippen molar-refractivity contribution in [1.82, 2.24) is 15.0 Å². The molecular weight excluding hydrogens is 484 g/mol. The van der Waals surface area contributed by atoms with Gasteiger partial charge in [0.2, 0.25) is 0 Å². The third-order valence-corrected chi connectivity index (χ3v) is 7.34. The number of fused-ring (bicyclic) bond motifs is 2. The smallest absolute Gasteiger partial charge is 0.340 e. The fourth-order valence-electron chi connectivity index (χ4n) is 3.85. The highest BCUT2D eigenvalue weighted by molar-refractivity contribution is 7.86. The number of cyclic esters (lactones) is 1. The summed E-state index contributed by atoms with van der Waals surface area (Å²) < 4.78 is 34.0. The van der Waals surface area contributed by atoms with E-state index in [9.17, 15) is 13.2 Å². The van der Waals surface area contributed by atoms with Crippen molar-refractivity contribution >= 4 is 44.3 Å². The van der Waals surface area contributed by atoms with Crippen LogP contribution >= 0.6 is 0 Å². The number of carbonyl (C=O) groups excluding carboxylic acids is 1. The molecule has 1 atom stereocenters. The molecule has 3 aromatic heterocycles. The Balaban J connectivity index is 1.73. The van der Waals surface area contributed by atoms with Crippen LogP contribution in [0.1, 0.15) is 69.1 Å². The first kappa shape index (κ1) is 25.7. The highest BCUT2D eigenvalue weighted by Gasteiger charge is 2.40. The van der Waals surface area contributed by atoms with Gasteiger partial charge >= 0.3 is 5.97 Å². The van der Waals surface area contributed by atoms with E-state index < -0.39 is 27.2 Å². The zero-order valence-corrected chi connectivity index (χ0v) is 21.9. The molecular formula is C24H30N6O5S. The van der Waals surface area contributed by atoms with Gasteiger partial charge in [0.1, 0.15) is 17.2 Å². The maximum atomic E-state index is 12.4. The first-order chi connectivity index (χ1) is 16.7. The molecule has 0 aliphatic carbocycles. The molecule has 1 aliphatic rings. The molecule has 1 aliphatic heterocycles. The molecule has 4 heterocycles. The number of nitrogens with one attached hydrogen (secondary N) is 2. The fraction of sp³-hybridized carbons (Fsp3) is 0.417. The molecule has 4 rings (SSSR count). The molecule has 0 fully saturated rings. The summed E-state index contributed by atoms with van der Waals surface area (Å²) in [6, 6.07) is 5.16. The minimum Gasteiger partial charge on any atom is -0.455 e. The second kappa shape index (κ2) is 8.95. The Bertz CT molecular complexity index is 1450. The standard InChI is InChI=1S/C24H30N6O5S/c1-7-36(32,33)35-30-21-16-11-26-19(10-15(16)17(12-27-21)23(3,4)25)28-18-9-8-14-20(29-18)13(2)24(5,6)34-22(14)31/h8-13H,7,25H2,1-6H3,(H,27,30)(H,26,28,29)/t13-/m1/s1. The summed E-state index contributed by atoms with van der Waals surface area (Å²) in [4.78, 5) is 25.8. The number of ether oxygens (including phenoxy) is 1. The molecule has 4 N–H and O–H groups in total. The van der Waals surface area contributed by atoms with Crippen LogP contribution in [0.15, 0.2) is 30.6 Å². The molecule has 0 saturated heterocycles. The SMILES string of the molecule is CCS(=O)(=O)ONc1ncc(C(C)(C)N)c2cc(Nc3ccc4c(n3)[C@@H](C)C(C)(C)OC4=O)ncc12. The van der Waals surface area contributed by atoms with E-state index in [1.807, 2.05) is 34.6 Å². The molecule has 0 unspecified atom stereocenters. The van der Waals surface area contributed by atoms with Gasteiger partial charge in [-0.2, -0.15) is 8.42 Å². The number of hydrogen-bond donors (Lipinski definition) is 3. The van der Waals surface area contributed by atoms with Crippen LogP contribution in [0.2, 0.25) is 0 Å². The topological polar surface area (TPSA) is 158 Å². The van der Waals surface area contributed by atoms with Crippen molar-refractivity contribution < 1.29 is 22.2 Å². The molecule has 192 valence electrons. The fourth-order valence-corrected chi connectivity index (χ4v) is 4.17. The van der Waals surface area contributed by atoms with Gasteiger partial charge in [0, 0.05) is 29.2 Å². The molecule has 11 nitrogen and oxygen atoms in total. The van der Waals surface area contributed by atoms with E-state index in [0.29, 0.717) is 33.7 Å². The van der Waals surface area contributed by atoms with E-state index in [1.165, 1.54) is 6.92 Å². The maximum absolute atomic E-state index is 12.4. The molecule has 0 spiro atoms. The van der Waals surface area contributed by atoms with Crippen LogP contribution in [0, 0.1) is 0 Å². The summed E-state index contributed by atoms with van der Waals surface area (Å²) in [5.74, 6) is 0.474. The molecule has 12 heteroatoms. The third kappa shape index (κ3) is 4.97. The highest BCUT2D eigenvalue weighted by Crippen LogP contribution is 2.38. The Morgan fingerprint density at radius 3 is 2.56 bits per heavy atom. The summed E-state index contributed by atoms with van der Waals surface area (Å²) >= 11 is 0. The lowest BCUT2D eigenvalue weighted by molar-refractivity contribution is -0.0189. The van der Waals surface area contributed by atoms with Crippen molar-refractivity contribution in [2.75, 3.05) is 16.5 Å². The van der Waals surface area contributed by atoms with Crippen LogP contribution in [0.25, 0.3) is 10.8 Å². The lowest BCUT2D eigenvalue weighted by Gasteiger charge is -2.36. The van der Waals surface area contributed by atoms with Gasteiger partial charge in [-0.15, -0.1) is 4.28 Å². The van der Waals surface area contributed by atoms with Gasteiger partial charge in [-0.1, -0.05) is 6.92 Å². The number of aromatic nitrogens is 3. The lowest BCUT2D eigenvalue weighted by Crippen LogP contribution is -2.39. The number of anilines is 3. The first-order valence-corrected chi connectivity index (χ1v) is 13.1. The number of nitrogens with two attached hydrogens (primary N) is 1. The van der Waals surface area contributed by atoms with Crippen LogP contribution in [-0.2, 0) is 24.7 Å². The number of carbonyl (C=O) groups is 1. The van der Waals surface area contributed by atoms with Crippen LogP contribution in [0.5, 0.6) is 0 Å². The van der Waals surface area contributed by atoms with E-state index in [-0.39, 0.29) is 17.5 Å². The van der Waals surface area contributed by atoms with Gasteiger partial charge < -0.3 is 15.8 Å². The predicted octanol–water partition coefficient (Wildman–Crippen LogP) is 3.71. The molecule has 0 radical (unpaired) electrons. The highest BCUT2D eigenvalue weighted by atomic mass is 32.2. The average Bonchev–Trinajstić information content (AvgIpc) is 2.80. The number of hydrogen-bond acceptors (Lipinski definition) is 11. The van der Waals surface area contributed by atoms with Crippen molar-refractivity contribution in [2.45, 2.75) is 58.6 Å². The zero-order chi connectivity index (χ0) is 26.5. The molecule has 3 aromatic rings. The van der Waals surface area contributed by atoms with Crippen LogP contribution in [0.3, 0.4) is 0 Å². The quantitative estimate of drug-likeness (QED) is 0.312. The summed E-state index contributed by atoms with van der Waals surface area (Å²) in [5, 5.41) is 4.42.